The third-order valence-corrected chi connectivity index (χ3v) is 8.31. The maximum atomic E-state index is 13.5. The number of benzene rings is 1. The highest BCUT2D eigenvalue weighted by atomic mass is 16.6. The van der Waals surface area contributed by atoms with E-state index < -0.39 is 11.7 Å². The molecule has 2 aliphatic carbocycles. The van der Waals surface area contributed by atoms with Crippen molar-refractivity contribution >= 4 is 28.8 Å². The Morgan fingerprint density at radius 1 is 1.05 bits per heavy atom. The largest absolute Gasteiger partial charge is 0.443 e. The molecule has 0 radical (unpaired) electrons. The van der Waals surface area contributed by atoms with Crippen LogP contribution in [0.1, 0.15) is 58.1 Å². The predicted molar refractivity (Wildman–Crippen MR) is 147 cm³/mol. The van der Waals surface area contributed by atoms with E-state index >= 15 is 0 Å². The number of rotatable bonds is 5. The Labute approximate surface area is 224 Å². The first kappa shape index (κ1) is 25.2. The van der Waals surface area contributed by atoms with Crippen molar-refractivity contribution < 1.29 is 9.53 Å². The minimum absolute atomic E-state index is 0.309. The Balaban J connectivity index is 1.30. The molecule has 9 heteroatoms. The van der Waals surface area contributed by atoms with Crippen LogP contribution in [-0.4, -0.2) is 74.5 Å². The molecule has 3 heterocycles. The van der Waals surface area contributed by atoms with Gasteiger partial charge in [-0.25, -0.2) is 19.4 Å². The molecule has 202 valence electrons. The van der Waals surface area contributed by atoms with Gasteiger partial charge in [0.05, 0.1) is 23.3 Å². The summed E-state index contributed by atoms with van der Waals surface area (Å²) in [6.45, 7) is 10.8. The molecule has 1 amide bonds. The van der Waals surface area contributed by atoms with Crippen molar-refractivity contribution in [2.45, 2.75) is 64.6 Å². The zero-order valence-electron chi connectivity index (χ0n) is 23.0. The quantitative estimate of drug-likeness (QED) is 0.471. The third kappa shape index (κ3) is 5.14. The summed E-state index contributed by atoms with van der Waals surface area (Å²) in [5.74, 6) is 1.77. The molecule has 1 aromatic carbocycles. The predicted octanol–water partition coefficient (Wildman–Crippen LogP) is 5.01. The van der Waals surface area contributed by atoms with E-state index in [9.17, 15) is 4.79 Å². The van der Waals surface area contributed by atoms with Crippen LogP contribution < -0.4 is 4.90 Å². The van der Waals surface area contributed by atoms with E-state index in [-0.39, 0.29) is 0 Å². The number of nitrogens with zero attached hydrogens (tertiary/aromatic N) is 7. The van der Waals surface area contributed by atoms with Gasteiger partial charge in [-0.05, 0) is 76.6 Å². The molecule has 2 bridgehead atoms. The van der Waals surface area contributed by atoms with Gasteiger partial charge in [-0.1, -0.05) is 18.6 Å². The van der Waals surface area contributed by atoms with Crippen molar-refractivity contribution in [3.63, 3.8) is 0 Å². The topological polar surface area (TPSA) is 79.6 Å². The SMILES string of the molecule is CN1CCN(Cc2ccc(N(C(=O)OC(C)(C)C)c3ncc4cnn([C@H]5C[C@H]6CC[C@@H]5C6)c4n3)cc2)CC1. The highest BCUT2D eigenvalue weighted by Crippen LogP contribution is 2.51. The van der Waals surface area contributed by atoms with Gasteiger partial charge in [0, 0.05) is 38.9 Å². The molecule has 0 N–H and O–H groups in total. The molecule has 3 fully saturated rings. The van der Waals surface area contributed by atoms with Crippen LogP contribution in [0.2, 0.25) is 0 Å². The molecule has 0 spiro atoms. The van der Waals surface area contributed by atoms with Gasteiger partial charge in [0.2, 0.25) is 5.95 Å². The average molecular weight is 518 g/mol. The van der Waals surface area contributed by atoms with Gasteiger partial charge in [-0.2, -0.15) is 10.1 Å². The average Bonchev–Trinajstić information content (AvgIpc) is 3.61. The second-order valence-electron chi connectivity index (χ2n) is 12.3. The summed E-state index contributed by atoms with van der Waals surface area (Å²) in [5, 5.41) is 5.61. The van der Waals surface area contributed by atoms with E-state index in [1.54, 1.807) is 6.20 Å². The fraction of sp³-hybridized carbons (Fsp3) is 0.586. The number of piperazine rings is 1. The number of hydrogen-bond donors (Lipinski definition) is 0. The first-order chi connectivity index (χ1) is 18.2. The first-order valence-electron chi connectivity index (χ1n) is 14.0. The molecule has 0 unspecified atom stereocenters. The Bertz CT molecular complexity index is 1290. The van der Waals surface area contributed by atoms with Gasteiger partial charge in [-0.15, -0.1) is 0 Å². The van der Waals surface area contributed by atoms with Crippen molar-refractivity contribution in [1.82, 2.24) is 29.5 Å². The van der Waals surface area contributed by atoms with E-state index in [1.807, 2.05) is 39.1 Å². The summed E-state index contributed by atoms with van der Waals surface area (Å²) >= 11 is 0. The molecule has 1 saturated heterocycles. The zero-order valence-corrected chi connectivity index (χ0v) is 23.0. The Kier molecular flexibility index (Phi) is 6.60. The second-order valence-corrected chi connectivity index (χ2v) is 12.3. The fourth-order valence-corrected chi connectivity index (χ4v) is 6.31. The van der Waals surface area contributed by atoms with Crippen LogP contribution >= 0.6 is 0 Å². The number of aromatic nitrogens is 4. The molecular weight excluding hydrogens is 478 g/mol. The van der Waals surface area contributed by atoms with E-state index in [4.69, 9.17) is 14.8 Å². The Hall–Kier alpha value is -3.04. The minimum atomic E-state index is -0.647. The number of anilines is 2. The van der Waals surface area contributed by atoms with Crippen LogP contribution in [0.4, 0.5) is 16.4 Å². The van der Waals surface area contributed by atoms with E-state index in [0.717, 1.165) is 56.1 Å². The van der Waals surface area contributed by atoms with Crippen molar-refractivity contribution in [2.75, 3.05) is 38.1 Å². The van der Waals surface area contributed by atoms with Crippen LogP contribution in [0.5, 0.6) is 0 Å². The lowest BCUT2D eigenvalue weighted by molar-refractivity contribution is 0.0597. The standard InChI is InChI=1S/C29H39N7O2/c1-29(2,3)38-28(37)35(24-9-6-20(7-10-24)19-34-13-11-33(4)12-14-34)27-30-17-23-18-31-36(26(23)32-27)25-16-21-5-8-22(25)15-21/h6-7,9-10,17-18,21-22,25H,5,8,11-16,19H2,1-4H3/t21-,22+,25-/m0/s1. The van der Waals surface area contributed by atoms with Crippen molar-refractivity contribution in [1.29, 1.82) is 0 Å². The Morgan fingerprint density at radius 2 is 1.82 bits per heavy atom. The van der Waals surface area contributed by atoms with E-state index in [1.165, 1.54) is 29.7 Å². The molecule has 1 aliphatic heterocycles. The van der Waals surface area contributed by atoms with Gasteiger partial charge < -0.3 is 9.64 Å². The van der Waals surface area contributed by atoms with Crippen LogP contribution in [0.15, 0.2) is 36.7 Å². The van der Waals surface area contributed by atoms with Crippen LogP contribution in [0.3, 0.4) is 0 Å². The molecule has 3 atom stereocenters. The monoisotopic (exact) mass is 517 g/mol. The smallest absolute Gasteiger partial charge is 0.421 e. The zero-order chi connectivity index (χ0) is 26.4. The van der Waals surface area contributed by atoms with Gasteiger partial charge in [0.25, 0.3) is 0 Å². The van der Waals surface area contributed by atoms with Gasteiger partial charge in [0.15, 0.2) is 5.65 Å². The summed E-state index contributed by atoms with van der Waals surface area (Å²) in [7, 11) is 2.17. The summed E-state index contributed by atoms with van der Waals surface area (Å²) in [4.78, 5) is 29.3. The normalized spacial score (nSPS) is 24.3. The maximum absolute atomic E-state index is 13.5. The Morgan fingerprint density at radius 3 is 2.47 bits per heavy atom. The van der Waals surface area contributed by atoms with Crippen LogP contribution in [-0.2, 0) is 11.3 Å². The number of ether oxygens (including phenoxy) is 1. The van der Waals surface area contributed by atoms with Crippen molar-refractivity contribution in [2.24, 2.45) is 11.8 Å². The summed E-state index contributed by atoms with van der Waals surface area (Å²) in [6.07, 6.45) is 8.16. The fourth-order valence-electron chi connectivity index (χ4n) is 6.31. The number of amides is 1. The molecule has 3 aliphatic rings. The summed E-state index contributed by atoms with van der Waals surface area (Å²) in [6, 6.07) is 8.48. The lowest BCUT2D eigenvalue weighted by Gasteiger charge is -2.32. The van der Waals surface area contributed by atoms with Crippen LogP contribution in [0.25, 0.3) is 11.0 Å². The molecule has 9 nitrogen and oxygen atoms in total. The highest BCUT2D eigenvalue weighted by Gasteiger charge is 2.41. The highest BCUT2D eigenvalue weighted by molar-refractivity contribution is 5.95. The number of likely N-dealkylation sites (N-methyl/N-ethyl adjacent to an activating group) is 1. The lowest BCUT2D eigenvalue weighted by atomic mass is 9.95. The van der Waals surface area contributed by atoms with Crippen molar-refractivity contribution in [3.05, 3.63) is 42.2 Å². The molecule has 6 rings (SSSR count). The maximum Gasteiger partial charge on any atom is 0.421 e. The lowest BCUT2D eigenvalue weighted by Crippen LogP contribution is -2.43. The van der Waals surface area contributed by atoms with E-state index in [0.29, 0.717) is 23.6 Å². The second kappa shape index (κ2) is 9.93. The number of hydrogen-bond acceptors (Lipinski definition) is 7. The van der Waals surface area contributed by atoms with Gasteiger partial charge in [0.1, 0.15) is 5.60 Å². The number of carbonyl (C=O) groups excluding carboxylic acids is 1. The molecule has 2 saturated carbocycles. The summed E-state index contributed by atoms with van der Waals surface area (Å²) in [5.41, 5.74) is 2.04. The first-order valence-corrected chi connectivity index (χ1v) is 14.0. The molecule has 38 heavy (non-hydrogen) atoms. The third-order valence-electron chi connectivity index (χ3n) is 8.31. The van der Waals surface area contributed by atoms with Crippen LogP contribution in [0, 0.1) is 11.8 Å². The molecular formula is C29H39N7O2. The minimum Gasteiger partial charge on any atom is -0.443 e. The van der Waals surface area contributed by atoms with Gasteiger partial charge in [-0.3, -0.25) is 4.90 Å². The molecule has 3 aromatic rings. The molecule has 2 aromatic heterocycles. The summed E-state index contributed by atoms with van der Waals surface area (Å²) < 4.78 is 7.89. The van der Waals surface area contributed by atoms with E-state index in [2.05, 4.69) is 38.6 Å². The van der Waals surface area contributed by atoms with Gasteiger partial charge >= 0.3 is 6.09 Å². The van der Waals surface area contributed by atoms with Crippen molar-refractivity contribution in [3.8, 4) is 0 Å². The number of carbonyl (C=O) groups is 1. The number of fused-ring (bicyclic) bond motifs is 3.